The van der Waals surface area contributed by atoms with Gasteiger partial charge in [0.05, 0.1) is 30.6 Å². The maximum absolute atomic E-state index is 12.9. The zero-order valence-corrected chi connectivity index (χ0v) is 16.1. The number of hydrogen-bond acceptors (Lipinski definition) is 5. The molecule has 5 aliphatic rings. The quantitative estimate of drug-likeness (QED) is 0.827. The van der Waals surface area contributed by atoms with Gasteiger partial charge >= 0.3 is 0 Å². The Morgan fingerprint density at radius 2 is 2.07 bits per heavy atom. The Morgan fingerprint density at radius 3 is 2.74 bits per heavy atom. The number of ether oxygens (including phenoxy) is 1. The van der Waals surface area contributed by atoms with E-state index in [2.05, 4.69) is 10.5 Å². The van der Waals surface area contributed by atoms with Crippen molar-refractivity contribution in [1.82, 2.24) is 10.5 Å². The van der Waals surface area contributed by atoms with Gasteiger partial charge in [-0.2, -0.15) is 0 Å². The van der Waals surface area contributed by atoms with Crippen molar-refractivity contribution in [2.45, 2.75) is 69.9 Å². The third-order valence-electron chi connectivity index (χ3n) is 7.37. The number of nitrogens with zero attached hydrogens (tertiary/aromatic N) is 1. The SMILES string of the molecule is Cc1cc(C[C@@H]2COC[C@@H]2NC(=O)CC23C[C@@H]4C[C@H](CC(O)(C4)C2)C3)on1. The molecule has 27 heavy (non-hydrogen) atoms. The van der Waals surface area contributed by atoms with Crippen molar-refractivity contribution < 1.29 is 19.2 Å². The normalized spacial score (nSPS) is 42.6. The largest absolute Gasteiger partial charge is 0.390 e. The van der Waals surface area contributed by atoms with Crippen LogP contribution in [0.2, 0.25) is 0 Å². The van der Waals surface area contributed by atoms with Gasteiger partial charge in [0.25, 0.3) is 0 Å². The lowest BCUT2D eigenvalue weighted by Crippen LogP contribution is -2.57. The molecule has 148 valence electrons. The fourth-order valence-corrected chi connectivity index (χ4v) is 6.94. The van der Waals surface area contributed by atoms with Crippen LogP contribution in [0.3, 0.4) is 0 Å². The van der Waals surface area contributed by atoms with Crippen LogP contribution in [0.4, 0.5) is 0 Å². The number of amides is 1. The van der Waals surface area contributed by atoms with E-state index in [-0.39, 0.29) is 23.3 Å². The molecule has 0 spiro atoms. The van der Waals surface area contributed by atoms with Gasteiger partial charge in [0.1, 0.15) is 5.76 Å². The van der Waals surface area contributed by atoms with Gasteiger partial charge < -0.3 is 19.7 Å². The Morgan fingerprint density at radius 1 is 1.30 bits per heavy atom. The number of rotatable bonds is 5. The van der Waals surface area contributed by atoms with Gasteiger partial charge in [-0.05, 0) is 62.7 Å². The molecule has 5 fully saturated rings. The minimum Gasteiger partial charge on any atom is -0.390 e. The predicted molar refractivity (Wildman–Crippen MR) is 97.9 cm³/mol. The van der Waals surface area contributed by atoms with Crippen LogP contribution in [-0.4, -0.2) is 41.0 Å². The summed E-state index contributed by atoms with van der Waals surface area (Å²) in [5.74, 6) is 2.42. The molecule has 0 aromatic carbocycles. The van der Waals surface area contributed by atoms with E-state index in [1.54, 1.807) is 0 Å². The van der Waals surface area contributed by atoms with Crippen LogP contribution in [-0.2, 0) is 16.0 Å². The minimum atomic E-state index is -0.506. The monoisotopic (exact) mass is 374 g/mol. The summed E-state index contributed by atoms with van der Waals surface area (Å²) in [6.45, 7) is 3.11. The molecule has 1 saturated heterocycles. The Kier molecular flexibility index (Phi) is 4.13. The van der Waals surface area contributed by atoms with Gasteiger partial charge in [-0.15, -0.1) is 0 Å². The topological polar surface area (TPSA) is 84.6 Å². The van der Waals surface area contributed by atoms with E-state index in [1.165, 1.54) is 6.42 Å². The van der Waals surface area contributed by atoms with Crippen LogP contribution in [0.25, 0.3) is 0 Å². The van der Waals surface area contributed by atoms with Crippen molar-refractivity contribution in [3.8, 4) is 0 Å². The van der Waals surface area contributed by atoms with E-state index in [0.717, 1.165) is 50.0 Å². The Balaban J connectivity index is 1.22. The summed E-state index contributed by atoms with van der Waals surface area (Å²) in [6, 6.07) is 1.98. The van der Waals surface area contributed by atoms with Crippen LogP contribution in [0, 0.1) is 30.1 Å². The molecule has 1 aliphatic heterocycles. The molecule has 0 unspecified atom stereocenters. The second-order valence-electron chi connectivity index (χ2n) is 9.97. The van der Waals surface area contributed by atoms with Crippen LogP contribution in [0.1, 0.15) is 56.4 Å². The van der Waals surface area contributed by atoms with Crippen LogP contribution in [0.5, 0.6) is 0 Å². The molecule has 2 heterocycles. The summed E-state index contributed by atoms with van der Waals surface area (Å²) < 4.78 is 11.0. The number of carbonyl (C=O) groups is 1. The van der Waals surface area contributed by atoms with Crippen LogP contribution in [0.15, 0.2) is 10.6 Å². The van der Waals surface area contributed by atoms with Gasteiger partial charge in [0.15, 0.2) is 0 Å². The lowest BCUT2D eigenvalue weighted by Gasteiger charge is -2.60. The van der Waals surface area contributed by atoms with Gasteiger partial charge in [-0.1, -0.05) is 5.16 Å². The molecule has 0 radical (unpaired) electrons. The summed E-state index contributed by atoms with van der Waals surface area (Å²) in [5, 5.41) is 18.1. The number of aromatic nitrogens is 1. The maximum Gasteiger partial charge on any atom is 0.220 e. The Bertz CT molecular complexity index is 716. The first-order valence-corrected chi connectivity index (χ1v) is 10.4. The molecular formula is C21H30N2O4. The van der Waals surface area contributed by atoms with Gasteiger partial charge in [0.2, 0.25) is 5.91 Å². The van der Waals surface area contributed by atoms with Gasteiger partial charge in [-0.25, -0.2) is 0 Å². The highest BCUT2D eigenvalue weighted by atomic mass is 16.5. The zero-order chi connectivity index (χ0) is 18.6. The second-order valence-corrected chi connectivity index (χ2v) is 9.97. The molecule has 6 heteroatoms. The van der Waals surface area contributed by atoms with Crippen LogP contribution < -0.4 is 5.32 Å². The zero-order valence-electron chi connectivity index (χ0n) is 16.1. The van der Waals surface area contributed by atoms with Crippen molar-refractivity contribution in [2.24, 2.45) is 23.2 Å². The third-order valence-corrected chi connectivity index (χ3v) is 7.37. The van der Waals surface area contributed by atoms with Crippen molar-refractivity contribution in [2.75, 3.05) is 13.2 Å². The Labute approximate surface area is 160 Å². The van der Waals surface area contributed by atoms with E-state index in [9.17, 15) is 9.90 Å². The lowest BCUT2D eigenvalue weighted by molar-refractivity contribution is -0.169. The number of nitrogens with one attached hydrogen (secondary N) is 1. The number of aliphatic hydroxyl groups is 1. The summed E-state index contributed by atoms with van der Waals surface area (Å²) in [4.78, 5) is 12.9. The molecule has 4 atom stereocenters. The Hall–Kier alpha value is -1.40. The van der Waals surface area contributed by atoms with E-state index in [0.29, 0.717) is 31.5 Å². The second kappa shape index (κ2) is 6.31. The molecule has 1 amide bonds. The summed E-state index contributed by atoms with van der Waals surface area (Å²) in [5.41, 5.74) is 0.386. The molecule has 4 saturated carbocycles. The number of hydrogen-bond donors (Lipinski definition) is 2. The van der Waals surface area contributed by atoms with Crippen molar-refractivity contribution in [3.63, 3.8) is 0 Å². The van der Waals surface area contributed by atoms with E-state index in [4.69, 9.17) is 9.26 Å². The molecule has 4 aliphatic carbocycles. The van der Waals surface area contributed by atoms with Crippen molar-refractivity contribution in [1.29, 1.82) is 0 Å². The first-order chi connectivity index (χ1) is 12.9. The standard InChI is InChI=1S/C21H30N2O4/c1-13-2-17(27-23-13)4-16-10-26-11-18(16)22-19(24)9-20-5-14-3-15(6-20)8-21(25,7-14)12-20/h2,14-16,18,25H,3-12H2,1H3,(H,22,24)/t14-,15-,16+,18-,20?,21?/m0/s1. The summed E-state index contributed by atoms with van der Waals surface area (Å²) in [7, 11) is 0. The molecule has 2 N–H and O–H groups in total. The highest BCUT2D eigenvalue weighted by molar-refractivity contribution is 5.77. The lowest BCUT2D eigenvalue weighted by atomic mass is 9.47. The summed E-state index contributed by atoms with van der Waals surface area (Å²) >= 11 is 0. The molecule has 6 rings (SSSR count). The molecule has 6 nitrogen and oxygen atoms in total. The fourth-order valence-electron chi connectivity index (χ4n) is 6.94. The van der Waals surface area contributed by atoms with E-state index in [1.807, 2.05) is 13.0 Å². The summed E-state index contributed by atoms with van der Waals surface area (Å²) in [6.07, 6.45) is 7.46. The molecule has 1 aromatic rings. The first-order valence-electron chi connectivity index (χ1n) is 10.4. The van der Waals surface area contributed by atoms with Crippen molar-refractivity contribution >= 4 is 5.91 Å². The smallest absolute Gasteiger partial charge is 0.220 e. The van der Waals surface area contributed by atoms with Crippen molar-refractivity contribution in [3.05, 3.63) is 17.5 Å². The highest BCUT2D eigenvalue weighted by Crippen LogP contribution is 2.62. The van der Waals surface area contributed by atoms with E-state index >= 15 is 0 Å². The highest BCUT2D eigenvalue weighted by Gasteiger charge is 2.57. The third kappa shape index (κ3) is 3.42. The fraction of sp³-hybridized carbons (Fsp3) is 0.810. The maximum atomic E-state index is 12.9. The number of aryl methyl sites for hydroxylation is 1. The first kappa shape index (κ1) is 17.7. The average Bonchev–Trinajstić information content (AvgIpc) is 3.14. The minimum absolute atomic E-state index is 0.0138. The number of carbonyl (C=O) groups excluding carboxylic acids is 1. The predicted octanol–water partition coefficient (Wildman–Crippen LogP) is 2.38. The average molecular weight is 374 g/mol. The molecular weight excluding hydrogens is 344 g/mol. The van der Waals surface area contributed by atoms with Gasteiger partial charge in [0, 0.05) is 24.8 Å². The van der Waals surface area contributed by atoms with E-state index < -0.39 is 5.60 Å². The van der Waals surface area contributed by atoms with Crippen LogP contribution >= 0.6 is 0 Å². The molecule has 1 aromatic heterocycles. The van der Waals surface area contributed by atoms with Gasteiger partial charge in [-0.3, -0.25) is 4.79 Å². The molecule has 4 bridgehead atoms.